The van der Waals surface area contributed by atoms with Crippen LogP contribution in [-0.4, -0.2) is 91.5 Å². The molecule has 9 nitrogen and oxygen atoms in total. The molecule has 0 bridgehead atoms. The summed E-state index contributed by atoms with van der Waals surface area (Å²) in [4.78, 5) is 15.1. The molecule has 0 radical (unpaired) electrons. The second-order valence-electron chi connectivity index (χ2n) is 8.37. The summed E-state index contributed by atoms with van der Waals surface area (Å²) in [6.45, 7) is 3.67. The van der Waals surface area contributed by atoms with Crippen molar-refractivity contribution in [3.05, 3.63) is 30.0 Å². The van der Waals surface area contributed by atoms with Crippen molar-refractivity contribution in [1.82, 2.24) is 24.7 Å². The first-order chi connectivity index (χ1) is 14.9. The van der Waals surface area contributed by atoms with Crippen LogP contribution in [0, 0.1) is 0 Å². The maximum atomic E-state index is 12.7. The van der Waals surface area contributed by atoms with Crippen LogP contribution in [0.2, 0.25) is 0 Å². The van der Waals surface area contributed by atoms with Gasteiger partial charge in [-0.2, -0.15) is 5.10 Å². The summed E-state index contributed by atoms with van der Waals surface area (Å²) >= 11 is 0. The standard InChI is InChI=1S/C21H31N5O4S/c1-31(28,29)25-11-4-5-17(15-25)26(16-8-13-30-14-9-16)12-10-22-21(27)20-18-6-2-3-7-19(18)23-24-20/h2-3,6-7,16-17H,4-5,8-15H2,1H3,(H,22,27)(H,23,24). The van der Waals surface area contributed by atoms with Crippen molar-refractivity contribution in [3.8, 4) is 0 Å². The number of hydrogen-bond acceptors (Lipinski definition) is 6. The van der Waals surface area contributed by atoms with E-state index in [1.165, 1.54) is 6.26 Å². The smallest absolute Gasteiger partial charge is 0.272 e. The van der Waals surface area contributed by atoms with E-state index in [1.54, 1.807) is 4.31 Å². The van der Waals surface area contributed by atoms with E-state index in [1.807, 2.05) is 24.3 Å². The minimum Gasteiger partial charge on any atom is -0.381 e. The molecule has 0 aliphatic carbocycles. The lowest BCUT2D eigenvalue weighted by Gasteiger charge is -2.43. The second kappa shape index (κ2) is 9.64. The lowest BCUT2D eigenvalue weighted by molar-refractivity contribution is 0.00672. The molecule has 31 heavy (non-hydrogen) atoms. The van der Waals surface area contributed by atoms with Crippen LogP contribution in [-0.2, 0) is 14.8 Å². The Morgan fingerprint density at radius 2 is 2.03 bits per heavy atom. The average Bonchev–Trinajstić information content (AvgIpc) is 3.21. The fourth-order valence-corrected chi connectivity index (χ4v) is 5.60. The molecule has 1 amide bonds. The Morgan fingerprint density at radius 1 is 1.26 bits per heavy atom. The molecule has 2 fully saturated rings. The highest BCUT2D eigenvalue weighted by atomic mass is 32.2. The van der Waals surface area contributed by atoms with Gasteiger partial charge in [0.05, 0.1) is 11.8 Å². The Bertz CT molecular complexity index is 1000. The number of ether oxygens (including phenoxy) is 1. The van der Waals surface area contributed by atoms with E-state index in [-0.39, 0.29) is 11.9 Å². The van der Waals surface area contributed by atoms with Gasteiger partial charge in [0, 0.05) is 56.9 Å². The largest absolute Gasteiger partial charge is 0.381 e. The van der Waals surface area contributed by atoms with E-state index >= 15 is 0 Å². The summed E-state index contributed by atoms with van der Waals surface area (Å²) in [5, 5.41) is 10.9. The van der Waals surface area contributed by atoms with Crippen molar-refractivity contribution >= 4 is 26.8 Å². The Morgan fingerprint density at radius 3 is 2.81 bits per heavy atom. The monoisotopic (exact) mass is 449 g/mol. The van der Waals surface area contributed by atoms with Gasteiger partial charge in [0.1, 0.15) is 0 Å². The zero-order chi connectivity index (χ0) is 21.8. The summed E-state index contributed by atoms with van der Waals surface area (Å²) < 4.78 is 31.3. The number of aromatic nitrogens is 2. The van der Waals surface area contributed by atoms with Crippen molar-refractivity contribution in [2.45, 2.75) is 37.8 Å². The highest BCUT2D eigenvalue weighted by molar-refractivity contribution is 7.88. The highest BCUT2D eigenvalue weighted by Crippen LogP contribution is 2.24. The van der Waals surface area contributed by atoms with Crippen molar-refractivity contribution in [2.24, 2.45) is 0 Å². The third-order valence-electron chi connectivity index (χ3n) is 6.30. The molecule has 2 saturated heterocycles. The first kappa shape index (κ1) is 22.2. The Balaban J connectivity index is 1.42. The van der Waals surface area contributed by atoms with E-state index in [0.29, 0.717) is 37.9 Å². The number of nitrogens with zero attached hydrogens (tertiary/aromatic N) is 3. The Kier molecular flexibility index (Phi) is 6.90. The average molecular weight is 450 g/mol. The van der Waals surface area contributed by atoms with Gasteiger partial charge in [-0.15, -0.1) is 0 Å². The van der Waals surface area contributed by atoms with Gasteiger partial charge in [0.25, 0.3) is 5.91 Å². The van der Waals surface area contributed by atoms with Crippen molar-refractivity contribution in [3.63, 3.8) is 0 Å². The predicted molar refractivity (Wildman–Crippen MR) is 118 cm³/mol. The molecule has 1 atom stereocenters. The number of H-pyrrole nitrogens is 1. The Hall–Kier alpha value is -2.01. The summed E-state index contributed by atoms with van der Waals surface area (Å²) in [7, 11) is -3.21. The summed E-state index contributed by atoms with van der Waals surface area (Å²) in [5.74, 6) is -0.203. The summed E-state index contributed by atoms with van der Waals surface area (Å²) in [5.41, 5.74) is 1.23. The SMILES string of the molecule is CS(=O)(=O)N1CCCC(N(CCNC(=O)c2n[nH]c3ccccc23)C2CCOCC2)C1. The van der Waals surface area contributed by atoms with Crippen molar-refractivity contribution in [1.29, 1.82) is 0 Å². The number of carbonyl (C=O) groups excluding carboxylic acids is 1. The van der Waals surface area contributed by atoms with E-state index < -0.39 is 10.0 Å². The highest BCUT2D eigenvalue weighted by Gasteiger charge is 2.33. The molecule has 0 saturated carbocycles. The van der Waals surface area contributed by atoms with Crippen LogP contribution in [0.4, 0.5) is 0 Å². The molecule has 2 aliphatic rings. The fourth-order valence-electron chi connectivity index (χ4n) is 4.69. The predicted octanol–water partition coefficient (Wildman–Crippen LogP) is 1.20. The van der Waals surface area contributed by atoms with Gasteiger partial charge in [-0.3, -0.25) is 14.8 Å². The number of nitrogens with one attached hydrogen (secondary N) is 2. The first-order valence-electron chi connectivity index (χ1n) is 10.9. The molecule has 1 aromatic carbocycles. The van der Waals surface area contributed by atoms with Crippen LogP contribution in [0.1, 0.15) is 36.2 Å². The van der Waals surface area contributed by atoms with Gasteiger partial charge in [-0.1, -0.05) is 18.2 Å². The maximum absolute atomic E-state index is 12.7. The van der Waals surface area contributed by atoms with Gasteiger partial charge in [0.2, 0.25) is 10.0 Å². The normalized spacial score (nSPS) is 21.5. The van der Waals surface area contributed by atoms with Crippen LogP contribution in [0.3, 0.4) is 0 Å². The summed E-state index contributed by atoms with van der Waals surface area (Å²) in [6.07, 6.45) is 4.94. The fraction of sp³-hybridized carbons (Fsp3) is 0.619. The molecule has 1 aromatic heterocycles. The third-order valence-corrected chi connectivity index (χ3v) is 7.57. The number of piperidine rings is 1. The van der Waals surface area contributed by atoms with Crippen LogP contribution in [0.25, 0.3) is 10.9 Å². The number of rotatable bonds is 7. The number of benzene rings is 1. The quantitative estimate of drug-likeness (QED) is 0.658. The van der Waals surface area contributed by atoms with Crippen LogP contribution < -0.4 is 5.32 Å². The van der Waals surface area contributed by atoms with Crippen LogP contribution in [0.5, 0.6) is 0 Å². The molecule has 2 N–H and O–H groups in total. The second-order valence-corrected chi connectivity index (χ2v) is 10.4. The van der Waals surface area contributed by atoms with E-state index in [2.05, 4.69) is 20.4 Å². The molecular formula is C21H31N5O4S. The number of sulfonamides is 1. The topological polar surface area (TPSA) is 108 Å². The number of amides is 1. The van der Waals surface area contributed by atoms with Crippen LogP contribution in [0.15, 0.2) is 24.3 Å². The zero-order valence-electron chi connectivity index (χ0n) is 17.9. The number of carbonyl (C=O) groups is 1. The molecule has 1 unspecified atom stereocenters. The molecular weight excluding hydrogens is 418 g/mol. The molecule has 10 heteroatoms. The third kappa shape index (κ3) is 5.25. The molecule has 170 valence electrons. The minimum absolute atomic E-state index is 0.148. The van der Waals surface area contributed by atoms with Gasteiger partial charge in [-0.25, -0.2) is 12.7 Å². The van der Waals surface area contributed by atoms with Gasteiger partial charge >= 0.3 is 0 Å². The van der Waals surface area contributed by atoms with Crippen molar-refractivity contribution < 1.29 is 17.9 Å². The number of hydrogen-bond donors (Lipinski definition) is 2. The van der Waals surface area contributed by atoms with Gasteiger partial charge in [-0.05, 0) is 31.7 Å². The van der Waals surface area contributed by atoms with E-state index in [9.17, 15) is 13.2 Å². The number of fused-ring (bicyclic) bond motifs is 1. The number of aromatic amines is 1. The molecule has 0 spiro atoms. The lowest BCUT2D eigenvalue weighted by Crippen LogP contribution is -2.55. The summed E-state index contributed by atoms with van der Waals surface area (Å²) in [6, 6.07) is 8.04. The molecule has 2 aliphatic heterocycles. The van der Waals surface area contributed by atoms with Crippen LogP contribution >= 0.6 is 0 Å². The van der Waals surface area contributed by atoms with Gasteiger partial charge < -0.3 is 10.1 Å². The first-order valence-corrected chi connectivity index (χ1v) is 12.8. The lowest BCUT2D eigenvalue weighted by atomic mass is 9.99. The molecule has 2 aromatic rings. The number of para-hydroxylation sites is 1. The van der Waals surface area contributed by atoms with E-state index in [4.69, 9.17) is 4.74 Å². The van der Waals surface area contributed by atoms with Gasteiger partial charge in [0.15, 0.2) is 5.69 Å². The Labute approximate surface area is 183 Å². The molecule has 4 rings (SSSR count). The van der Waals surface area contributed by atoms with Crippen molar-refractivity contribution in [2.75, 3.05) is 45.6 Å². The minimum atomic E-state index is -3.21. The van der Waals surface area contributed by atoms with E-state index in [0.717, 1.165) is 49.8 Å². The zero-order valence-corrected chi connectivity index (χ0v) is 18.7. The maximum Gasteiger partial charge on any atom is 0.272 e. The molecule has 3 heterocycles.